The van der Waals surface area contributed by atoms with E-state index in [-0.39, 0.29) is 0 Å². The molecule has 0 saturated carbocycles. The van der Waals surface area contributed by atoms with Crippen LogP contribution in [-0.4, -0.2) is 20.9 Å². The van der Waals surface area contributed by atoms with Crippen molar-refractivity contribution < 1.29 is 9.90 Å². The van der Waals surface area contributed by atoms with Crippen molar-refractivity contribution in [3.8, 4) is 0 Å². The minimum Gasteiger partial charge on any atom is -0.481 e. The third-order valence-corrected chi connectivity index (χ3v) is 3.18. The molecule has 0 spiro atoms. The molecule has 1 atom stereocenters. The van der Waals surface area contributed by atoms with Crippen molar-refractivity contribution in [1.29, 1.82) is 0 Å². The zero-order valence-corrected chi connectivity index (χ0v) is 10.00. The van der Waals surface area contributed by atoms with Crippen LogP contribution in [0, 0.1) is 0 Å². The lowest BCUT2D eigenvalue weighted by Gasteiger charge is -2.23. The molecule has 4 nitrogen and oxygen atoms in total. The number of carboxylic acids is 1. The first-order valence-corrected chi connectivity index (χ1v) is 5.14. The van der Waals surface area contributed by atoms with Crippen molar-refractivity contribution in [3.05, 3.63) is 16.4 Å². The van der Waals surface area contributed by atoms with E-state index in [1.807, 2.05) is 6.92 Å². The highest BCUT2D eigenvalue weighted by molar-refractivity contribution is 9.10. The Morgan fingerprint density at radius 3 is 2.64 bits per heavy atom. The van der Waals surface area contributed by atoms with Crippen LogP contribution in [0.25, 0.3) is 0 Å². The Morgan fingerprint density at radius 2 is 2.36 bits per heavy atom. The summed E-state index contributed by atoms with van der Waals surface area (Å²) in [5, 5.41) is 13.2. The van der Waals surface area contributed by atoms with E-state index in [1.54, 1.807) is 24.9 Å². The van der Waals surface area contributed by atoms with Gasteiger partial charge in [-0.2, -0.15) is 5.10 Å². The van der Waals surface area contributed by atoms with Gasteiger partial charge >= 0.3 is 5.97 Å². The average molecular weight is 261 g/mol. The summed E-state index contributed by atoms with van der Waals surface area (Å²) in [5.41, 5.74) is -0.183. The summed E-state index contributed by atoms with van der Waals surface area (Å²) in [6.45, 7) is 3.56. The van der Waals surface area contributed by atoms with Crippen LogP contribution < -0.4 is 0 Å². The smallest absolute Gasteiger partial charge is 0.315 e. The van der Waals surface area contributed by atoms with Crippen LogP contribution in [-0.2, 0) is 17.3 Å². The Balaban J connectivity index is 3.32. The molecule has 1 rings (SSSR count). The van der Waals surface area contributed by atoms with Crippen LogP contribution in [0.4, 0.5) is 0 Å². The van der Waals surface area contributed by atoms with Gasteiger partial charge in [-0.15, -0.1) is 0 Å². The first-order valence-electron chi connectivity index (χ1n) is 4.35. The molecule has 1 heterocycles. The molecule has 14 heavy (non-hydrogen) atoms. The highest BCUT2D eigenvalue weighted by Gasteiger charge is 2.37. The Bertz CT molecular complexity index is 342. The van der Waals surface area contributed by atoms with E-state index < -0.39 is 11.4 Å². The van der Waals surface area contributed by atoms with E-state index in [9.17, 15) is 9.90 Å². The fourth-order valence-electron chi connectivity index (χ4n) is 1.45. The quantitative estimate of drug-likeness (QED) is 0.904. The van der Waals surface area contributed by atoms with Crippen LogP contribution in [0.2, 0.25) is 0 Å². The van der Waals surface area contributed by atoms with Crippen LogP contribution in [0.1, 0.15) is 26.0 Å². The molecule has 0 bridgehead atoms. The summed E-state index contributed by atoms with van der Waals surface area (Å²) in [6.07, 6.45) is 2.15. The van der Waals surface area contributed by atoms with Crippen LogP contribution in [0.15, 0.2) is 10.7 Å². The standard InChI is InChI=1S/C9H13BrN2O2/c1-4-9(2,8(13)14)7-6(10)5-11-12(7)3/h5H,4H2,1-3H3,(H,13,14). The Morgan fingerprint density at radius 1 is 1.79 bits per heavy atom. The third kappa shape index (κ3) is 1.56. The summed E-state index contributed by atoms with van der Waals surface area (Å²) in [7, 11) is 1.75. The topological polar surface area (TPSA) is 55.1 Å². The number of carboxylic acid groups (broad SMARTS) is 1. The van der Waals surface area contributed by atoms with Crippen molar-refractivity contribution in [2.75, 3.05) is 0 Å². The monoisotopic (exact) mass is 260 g/mol. The van der Waals surface area contributed by atoms with Gasteiger partial charge in [-0.1, -0.05) is 6.92 Å². The molecule has 5 heteroatoms. The fourth-order valence-corrected chi connectivity index (χ4v) is 2.24. The SMILES string of the molecule is CCC(C)(C(=O)O)c1c(Br)cnn1C. The van der Waals surface area contributed by atoms with Gasteiger partial charge in [0.15, 0.2) is 0 Å². The van der Waals surface area contributed by atoms with E-state index in [0.29, 0.717) is 12.1 Å². The summed E-state index contributed by atoms with van der Waals surface area (Å²) in [4.78, 5) is 11.2. The van der Waals surface area contributed by atoms with Gasteiger partial charge in [-0.25, -0.2) is 0 Å². The number of aromatic nitrogens is 2. The third-order valence-electron chi connectivity index (χ3n) is 2.60. The van der Waals surface area contributed by atoms with Gasteiger partial charge in [0, 0.05) is 7.05 Å². The average Bonchev–Trinajstić information content (AvgIpc) is 2.45. The van der Waals surface area contributed by atoms with Gasteiger partial charge in [0.2, 0.25) is 0 Å². The molecular formula is C9H13BrN2O2. The lowest BCUT2D eigenvalue weighted by molar-refractivity contribution is -0.143. The molecule has 0 aliphatic heterocycles. The molecule has 0 aromatic carbocycles. The summed E-state index contributed by atoms with van der Waals surface area (Å²) in [5.74, 6) is -0.829. The second kappa shape index (κ2) is 3.73. The van der Waals surface area contributed by atoms with Gasteiger partial charge in [0.05, 0.1) is 16.4 Å². The number of carbonyl (C=O) groups is 1. The van der Waals surface area contributed by atoms with Crippen molar-refractivity contribution in [2.24, 2.45) is 7.05 Å². The minimum absolute atomic E-state index is 0.528. The Labute approximate surface area is 91.1 Å². The van der Waals surface area contributed by atoms with E-state index in [2.05, 4.69) is 21.0 Å². The predicted octanol–water partition coefficient (Wildman–Crippen LogP) is 1.93. The highest BCUT2D eigenvalue weighted by Crippen LogP contribution is 2.32. The second-order valence-electron chi connectivity index (χ2n) is 3.46. The maximum absolute atomic E-state index is 11.2. The van der Waals surface area contributed by atoms with E-state index in [4.69, 9.17) is 0 Å². The molecule has 78 valence electrons. The largest absolute Gasteiger partial charge is 0.481 e. The minimum atomic E-state index is -0.885. The Kier molecular flexibility index (Phi) is 2.99. The number of nitrogens with zero attached hydrogens (tertiary/aromatic N) is 2. The molecule has 1 unspecified atom stereocenters. The highest BCUT2D eigenvalue weighted by atomic mass is 79.9. The maximum atomic E-state index is 11.2. The molecule has 1 N–H and O–H groups in total. The number of halogens is 1. The first kappa shape index (κ1) is 11.2. The van der Waals surface area contributed by atoms with Crippen LogP contribution in [0.5, 0.6) is 0 Å². The molecule has 0 radical (unpaired) electrons. The molecular weight excluding hydrogens is 248 g/mol. The number of rotatable bonds is 3. The van der Waals surface area contributed by atoms with Gasteiger partial charge in [0.25, 0.3) is 0 Å². The predicted molar refractivity (Wildman–Crippen MR) is 56.2 cm³/mol. The van der Waals surface area contributed by atoms with E-state index in [1.165, 1.54) is 0 Å². The van der Waals surface area contributed by atoms with Gasteiger partial charge in [-0.3, -0.25) is 9.48 Å². The molecule has 0 amide bonds. The van der Waals surface area contributed by atoms with Gasteiger partial charge < -0.3 is 5.11 Å². The molecule has 0 aliphatic carbocycles. The molecule has 0 saturated heterocycles. The zero-order valence-electron chi connectivity index (χ0n) is 8.41. The Hall–Kier alpha value is -0.840. The normalized spacial score (nSPS) is 15.1. The summed E-state index contributed by atoms with van der Waals surface area (Å²) in [6, 6.07) is 0. The van der Waals surface area contributed by atoms with Crippen molar-refractivity contribution >= 4 is 21.9 Å². The van der Waals surface area contributed by atoms with E-state index >= 15 is 0 Å². The van der Waals surface area contributed by atoms with Gasteiger partial charge in [0.1, 0.15) is 5.41 Å². The summed E-state index contributed by atoms with van der Waals surface area (Å²) < 4.78 is 2.34. The molecule has 0 fully saturated rings. The first-order chi connectivity index (χ1) is 6.43. The van der Waals surface area contributed by atoms with Gasteiger partial charge in [-0.05, 0) is 29.3 Å². The number of aryl methyl sites for hydroxylation is 1. The lowest BCUT2D eigenvalue weighted by atomic mass is 9.84. The fraction of sp³-hybridized carbons (Fsp3) is 0.556. The molecule has 1 aromatic rings. The van der Waals surface area contributed by atoms with Crippen molar-refractivity contribution in [2.45, 2.75) is 25.7 Å². The number of aliphatic carboxylic acids is 1. The van der Waals surface area contributed by atoms with Crippen LogP contribution in [0.3, 0.4) is 0 Å². The number of hydrogen-bond acceptors (Lipinski definition) is 2. The second-order valence-corrected chi connectivity index (χ2v) is 4.31. The maximum Gasteiger partial charge on any atom is 0.315 e. The zero-order chi connectivity index (χ0) is 10.9. The van der Waals surface area contributed by atoms with Crippen molar-refractivity contribution in [1.82, 2.24) is 9.78 Å². The number of hydrogen-bond donors (Lipinski definition) is 1. The summed E-state index contributed by atoms with van der Waals surface area (Å²) >= 11 is 3.32. The lowest BCUT2D eigenvalue weighted by Crippen LogP contribution is -2.34. The van der Waals surface area contributed by atoms with E-state index in [0.717, 1.165) is 4.47 Å². The molecule has 1 aromatic heterocycles. The van der Waals surface area contributed by atoms with Crippen LogP contribution >= 0.6 is 15.9 Å². The van der Waals surface area contributed by atoms with Crippen molar-refractivity contribution in [3.63, 3.8) is 0 Å². The molecule has 0 aliphatic rings.